The number of benzene rings is 1. The summed E-state index contributed by atoms with van der Waals surface area (Å²) in [6, 6.07) is 5.70. The van der Waals surface area contributed by atoms with Crippen LogP contribution in [0.3, 0.4) is 0 Å². The Labute approximate surface area is 151 Å². The van der Waals surface area contributed by atoms with Crippen LogP contribution in [0.2, 0.25) is 0 Å². The van der Waals surface area contributed by atoms with Gasteiger partial charge in [0.25, 0.3) is 0 Å². The highest BCUT2D eigenvalue weighted by molar-refractivity contribution is 5.91. The van der Waals surface area contributed by atoms with Crippen LogP contribution in [-0.2, 0) is 4.79 Å². The summed E-state index contributed by atoms with van der Waals surface area (Å²) >= 11 is 0. The summed E-state index contributed by atoms with van der Waals surface area (Å²) in [6.07, 6.45) is 3.50. The Balaban J connectivity index is 2.00. The van der Waals surface area contributed by atoms with Crippen molar-refractivity contribution in [3.8, 4) is 11.5 Å². The molecular formula is C20H30N2O3. The number of likely N-dealkylation sites (N-methyl/N-ethyl adjacent to an activating group) is 1. The van der Waals surface area contributed by atoms with Gasteiger partial charge in [0.15, 0.2) is 11.5 Å². The van der Waals surface area contributed by atoms with Crippen LogP contribution in [0.25, 0.3) is 6.08 Å². The fraction of sp³-hybridized carbons (Fsp3) is 0.550. The highest BCUT2D eigenvalue weighted by atomic mass is 16.7. The summed E-state index contributed by atoms with van der Waals surface area (Å²) in [6.45, 7) is 13.3. The minimum atomic E-state index is 0.0542. The molecule has 0 atom stereocenters. The van der Waals surface area contributed by atoms with Gasteiger partial charge in [-0.25, -0.2) is 0 Å². The predicted molar refractivity (Wildman–Crippen MR) is 101 cm³/mol. The van der Waals surface area contributed by atoms with Crippen molar-refractivity contribution in [2.45, 2.75) is 27.7 Å². The minimum absolute atomic E-state index is 0.0542. The van der Waals surface area contributed by atoms with Crippen LogP contribution >= 0.6 is 0 Å². The van der Waals surface area contributed by atoms with Gasteiger partial charge in [-0.15, -0.1) is 0 Å². The molecule has 0 fully saturated rings. The van der Waals surface area contributed by atoms with Crippen molar-refractivity contribution in [3.05, 3.63) is 29.8 Å². The first-order chi connectivity index (χ1) is 12.0. The largest absolute Gasteiger partial charge is 0.454 e. The summed E-state index contributed by atoms with van der Waals surface area (Å²) < 4.78 is 10.7. The SMILES string of the molecule is CCN(CC)CCN(CC(C)C)C(=O)/C=C/c1ccc2c(c1)OCO2. The first-order valence-corrected chi connectivity index (χ1v) is 9.12. The molecule has 2 rings (SSSR count). The normalized spacial score (nSPS) is 13.2. The minimum Gasteiger partial charge on any atom is -0.454 e. The van der Waals surface area contributed by atoms with Gasteiger partial charge in [-0.1, -0.05) is 33.8 Å². The van der Waals surface area contributed by atoms with E-state index in [2.05, 4.69) is 32.6 Å². The number of hydrogen-bond acceptors (Lipinski definition) is 4. The van der Waals surface area contributed by atoms with Crippen LogP contribution in [0.15, 0.2) is 24.3 Å². The number of ether oxygens (including phenoxy) is 2. The van der Waals surface area contributed by atoms with Crippen molar-refractivity contribution in [2.24, 2.45) is 5.92 Å². The first-order valence-electron chi connectivity index (χ1n) is 9.12. The number of nitrogens with zero attached hydrogens (tertiary/aromatic N) is 2. The molecule has 0 saturated heterocycles. The third-order valence-corrected chi connectivity index (χ3v) is 4.29. The number of carbonyl (C=O) groups excluding carboxylic acids is 1. The lowest BCUT2D eigenvalue weighted by Crippen LogP contribution is -2.39. The van der Waals surface area contributed by atoms with Crippen molar-refractivity contribution in [1.82, 2.24) is 9.80 Å². The van der Waals surface area contributed by atoms with Gasteiger partial charge in [-0.3, -0.25) is 4.79 Å². The molecule has 1 heterocycles. The molecule has 1 aliphatic rings. The topological polar surface area (TPSA) is 42.0 Å². The molecule has 0 N–H and O–H groups in total. The van der Waals surface area contributed by atoms with E-state index < -0.39 is 0 Å². The first kappa shape index (κ1) is 19.3. The van der Waals surface area contributed by atoms with Crippen molar-refractivity contribution < 1.29 is 14.3 Å². The van der Waals surface area contributed by atoms with E-state index in [1.165, 1.54) is 0 Å². The molecule has 0 bridgehead atoms. The van der Waals surface area contributed by atoms with E-state index in [9.17, 15) is 4.79 Å². The lowest BCUT2D eigenvalue weighted by Gasteiger charge is -2.27. The molecule has 0 unspecified atom stereocenters. The van der Waals surface area contributed by atoms with E-state index >= 15 is 0 Å². The quantitative estimate of drug-likeness (QED) is 0.644. The van der Waals surface area contributed by atoms with Crippen molar-refractivity contribution in [1.29, 1.82) is 0 Å². The van der Waals surface area contributed by atoms with Gasteiger partial charge in [-0.2, -0.15) is 0 Å². The molecule has 1 aromatic rings. The van der Waals surface area contributed by atoms with Gasteiger partial charge in [0, 0.05) is 25.7 Å². The monoisotopic (exact) mass is 346 g/mol. The lowest BCUT2D eigenvalue weighted by atomic mass is 10.1. The van der Waals surface area contributed by atoms with Crippen molar-refractivity contribution in [2.75, 3.05) is 39.5 Å². The van der Waals surface area contributed by atoms with E-state index in [-0.39, 0.29) is 12.7 Å². The molecule has 0 radical (unpaired) electrons. The number of carbonyl (C=O) groups is 1. The average molecular weight is 346 g/mol. The molecular weight excluding hydrogens is 316 g/mol. The smallest absolute Gasteiger partial charge is 0.246 e. The summed E-state index contributed by atoms with van der Waals surface area (Å²) in [5, 5.41) is 0. The van der Waals surface area contributed by atoms with Gasteiger partial charge >= 0.3 is 0 Å². The summed E-state index contributed by atoms with van der Waals surface area (Å²) in [4.78, 5) is 16.9. The second-order valence-electron chi connectivity index (χ2n) is 6.65. The maximum atomic E-state index is 12.6. The van der Waals surface area contributed by atoms with E-state index in [0.717, 1.165) is 49.8 Å². The molecule has 5 heteroatoms. The Kier molecular flexibility index (Phi) is 7.31. The molecule has 1 amide bonds. The Bertz CT molecular complexity index is 595. The molecule has 1 aliphatic heterocycles. The van der Waals surface area contributed by atoms with Gasteiger partial charge < -0.3 is 19.3 Å². The van der Waals surface area contributed by atoms with Crippen LogP contribution in [0.5, 0.6) is 11.5 Å². The number of amides is 1. The van der Waals surface area contributed by atoms with Crippen LogP contribution in [-0.4, -0.2) is 55.2 Å². The molecule has 5 nitrogen and oxygen atoms in total. The second kappa shape index (κ2) is 9.47. The number of fused-ring (bicyclic) bond motifs is 1. The highest BCUT2D eigenvalue weighted by Gasteiger charge is 2.15. The predicted octanol–water partition coefficient (Wildman–Crippen LogP) is 3.25. The molecule has 0 spiro atoms. The zero-order valence-electron chi connectivity index (χ0n) is 15.8. The molecule has 25 heavy (non-hydrogen) atoms. The summed E-state index contributed by atoms with van der Waals surface area (Å²) in [5.41, 5.74) is 0.936. The fourth-order valence-electron chi connectivity index (χ4n) is 2.82. The van der Waals surface area contributed by atoms with Gasteiger partial charge in [-0.05, 0) is 42.8 Å². The van der Waals surface area contributed by atoms with Crippen LogP contribution in [0, 0.1) is 5.92 Å². The third kappa shape index (κ3) is 5.78. The number of hydrogen-bond donors (Lipinski definition) is 0. The summed E-state index contributed by atoms with van der Waals surface area (Å²) in [7, 11) is 0. The molecule has 138 valence electrons. The highest BCUT2D eigenvalue weighted by Crippen LogP contribution is 2.32. The molecule has 0 aromatic heterocycles. The van der Waals surface area contributed by atoms with E-state index in [1.54, 1.807) is 6.08 Å². The molecule has 0 saturated carbocycles. The lowest BCUT2D eigenvalue weighted by molar-refractivity contribution is -0.126. The maximum absolute atomic E-state index is 12.6. The van der Waals surface area contributed by atoms with Crippen LogP contribution in [0.1, 0.15) is 33.3 Å². The van der Waals surface area contributed by atoms with Crippen LogP contribution in [0.4, 0.5) is 0 Å². The van der Waals surface area contributed by atoms with Crippen molar-refractivity contribution in [3.63, 3.8) is 0 Å². The maximum Gasteiger partial charge on any atom is 0.246 e. The Morgan fingerprint density at radius 3 is 2.56 bits per heavy atom. The fourth-order valence-corrected chi connectivity index (χ4v) is 2.82. The molecule has 1 aromatic carbocycles. The second-order valence-corrected chi connectivity index (χ2v) is 6.65. The Hall–Kier alpha value is -2.01. The average Bonchev–Trinajstić information content (AvgIpc) is 3.06. The van der Waals surface area contributed by atoms with E-state index in [0.29, 0.717) is 5.92 Å². The van der Waals surface area contributed by atoms with Gasteiger partial charge in [0.2, 0.25) is 12.7 Å². The zero-order valence-corrected chi connectivity index (χ0v) is 15.8. The Morgan fingerprint density at radius 2 is 1.88 bits per heavy atom. The number of rotatable bonds is 9. The van der Waals surface area contributed by atoms with E-state index in [4.69, 9.17) is 9.47 Å². The summed E-state index contributed by atoms with van der Waals surface area (Å²) in [5.74, 6) is 1.98. The Morgan fingerprint density at radius 1 is 1.16 bits per heavy atom. The van der Waals surface area contributed by atoms with Gasteiger partial charge in [0.05, 0.1) is 0 Å². The van der Waals surface area contributed by atoms with Crippen LogP contribution < -0.4 is 9.47 Å². The standard InChI is InChI=1S/C20H30N2O3/c1-5-21(6-2)11-12-22(14-16(3)4)20(23)10-8-17-7-9-18-19(13-17)25-15-24-18/h7-10,13,16H,5-6,11-12,14-15H2,1-4H3/b10-8+. The molecule has 0 aliphatic carbocycles. The van der Waals surface area contributed by atoms with Gasteiger partial charge in [0.1, 0.15) is 0 Å². The zero-order chi connectivity index (χ0) is 18.2. The third-order valence-electron chi connectivity index (χ3n) is 4.29. The van der Waals surface area contributed by atoms with E-state index in [1.807, 2.05) is 29.2 Å². The van der Waals surface area contributed by atoms with Crippen molar-refractivity contribution >= 4 is 12.0 Å².